The van der Waals surface area contributed by atoms with Gasteiger partial charge in [0.1, 0.15) is 12.1 Å². The highest BCUT2D eigenvalue weighted by Gasteiger charge is 2.16. The van der Waals surface area contributed by atoms with Crippen molar-refractivity contribution in [2.75, 3.05) is 7.11 Å². The van der Waals surface area contributed by atoms with Crippen LogP contribution >= 0.6 is 0 Å². The highest BCUT2D eigenvalue weighted by atomic mass is 16.5. The number of carbonyl (C=O) groups excluding carboxylic acids is 1. The maximum atomic E-state index is 11.4. The lowest BCUT2D eigenvalue weighted by Gasteiger charge is -2.10. The zero-order chi connectivity index (χ0) is 14.4. The van der Waals surface area contributed by atoms with E-state index in [-0.39, 0.29) is 17.3 Å². The number of methoxy groups -OCH3 is 1. The van der Waals surface area contributed by atoms with Crippen molar-refractivity contribution in [3.8, 4) is 12.1 Å². The Kier molecular flexibility index (Phi) is 4.68. The van der Waals surface area contributed by atoms with Gasteiger partial charge in [-0.15, -0.1) is 0 Å². The maximum Gasteiger partial charge on any atom is 0.312 e. The van der Waals surface area contributed by atoms with Crippen molar-refractivity contribution in [2.45, 2.75) is 12.8 Å². The van der Waals surface area contributed by atoms with Crippen LogP contribution in [-0.2, 0) is 9.53 Å². The van der Waals surface area contributed by atoms with E-state index in [1.54, 1.807) is 43.3 Å². The lowest BCUT2D eigenvalue weighted by molar-refractivity contribution is -0.141. The second-order valence-electron chi connectivity index (χ2n) is 3.81. The predicted molar refractivity (Wildman–Crippen MR) is 67.6 cm³/mol. The molecule has 19 heavy (non-hydrogen) atoms. The van der Waals surface area contributed by atoms with Gasteiger partial charge >= 0.3 is 5.97 Å². The number of aliphatic hydroxyl groups excluding tert-OH is 1. The molecular weight excluding hydrogens is 244 g/mol. The highest BCUT2D eigenvalue weighted by Crippen LogP contribution is 2.21. The summed E-state index contributed by atoms with van der Waals surface area (Å²) in [6, 6.07) is 9.58. The van der Waals surface area contributed by atoms with E-state index < -0.39 is 5.92 Å². The molecule has 0 aromatic heterocycles. The summed E-state index contributed by atoms with van der Waals surface area (Å²) < 4.78 is 4.63. The van der Waals surface area contributed by atoms with Gasteiger partial charge in [-0.25, -0.2) is 0 Å². The van der Waals surface area contributed by atoms with E-state index in [0.717, 1.165) is 5.56 Å². The minimum absolute atomic E-state index is 0.346. The summed E-state index contributed by atoms with van der Waals surface area (Å²) in [5.41, 5.74) is 0.714. The minimum Gasteiger partial charge on any atom is -0.505 e. The van der Waals surface area contributed by atoms with E-state index in [1.807, 2.05) is 0 Å². The van der Waals surface area contributed by atoms with E-state index in [0.29, 0.717) is 5.56 Å². The molecule has 0 aliphatic rings. The van der Waals surface area contributed by atoms with Crippen LogP contribution in [0.4, 0.5) is 0 Å². The standard InChI is InChI=1S/C14H12N2O3/c1-9(14(18)19-2)10-3-5-11(6-4-10)13(17)12(7-15)8-16/h3-6,9,17H,1-2H3. The van der Waals surface area contributed by atoms with Gasteiger partial charge in [-0.2, -0.15) is 10.5 Å². The summed E-state index contributed by atoms with van der Waals surface area (Å²) >= 11 is 0. The third kappa shape index (κ3) is 3.11. The first-order valence-electron chi connectivity index (χ1n) is 5.46. The van der Waals surface area contributed by atoms with Gasteiger partial charge in [-0.3, -0.25) is 4.79 Å². The van der Waals surface area contributed by atoms with Gasteiger partial charge in [0.25, 0.3) is 0 Å². The van der Waals surface area contributed by atoms with Crippen LogP contribution in [-0.4, -0.2) is 18.2 Å². The molecule has 0 saturated carbocycles. The van der Waals surface area contributed by atoms with E-state index in [4.69, 9.17) is 10.5 Å². The molecule has 0 amide bonds. The molecule has 5 nitrogen and oxygen atoms in total. The Morgan fingerprint density at radius 3 is 2.21 bits per heavy atom. The molecule has 1 rings (SSSR count). The molecule has 0 aliphatic heterocycles. The number of esters is 1. The molecule has 96 valence electrons. The zero-order valence-electron chi connectivity index (χ0n) is 10.5. The van der Waals surface area contributed by atoms with Crippen LogP contribution in [0.15, 0.2) is 29.8 Å². The first-order chi connectivity index (χ1) is 9.04. The fourth-order valence-electron chi connectivity index (χ4n) is 1.52. The van der Waals surface area contributed by atoms with Gasteiger partial charge in [0, 0.05) is 5.56 Å². The second kappa shape index (κ2) is 6.23. The number of hydrogen-bond donors (Lipinski definition) is 1. The Bertz CT molecular complexity index is 573. The Balaban J connectivity index is 3.08. The average Bonchev–Trinajstić information content (AvgIpc) is 2.47. The van der Waals surface area contributed by atoms with Crippen molar-refractivity contribution in [3.63, 3.8) is 0 Å². The summed E-state index contributed by atoms with van der Waals surface area (Å²) in [5.74, 6) is -1.15. The monoisotopic (exact) mass is 256 g/mol. The Morgan fingerprint density at radius 2 is 1.79 bits per heavy atom. The van der Waals surface area contributed by atoms with Crippen molar-refractivity contribution in [2.24, 2.45) is 0 Å². The van der Waals surface area contributed by atoms with Crippen LogP contribution < -0.4 is 0 Å². The minimum atomic E-state index is -0.420. The van der Waals surface area contributed by atoms with Gasteiger partial charge in [0.05, 0.1) is 13.0 Å². The van der Waals surface area contributed by atoms with Gasteiger partial charge in [0.15, 0.2) is 11.3 Å². The van der Waals surface area contributed by atoms with Crippen LogP contribution in [0, 0.1) is 22.7 Å². The average molecular weight is 256 g/mol. The fourth-order valence-corrected chi connectivity index (χ4v) is 1.52. The molecule has 0 fully saturated rings. The first-order valence-corrected chi connectivity index (χ1v) is 5.46. The number of benzene rings is 1. The Labute approximate surface area is 111 Å². The second-order valence-corrected chi connectivity index (χ2v) is 3.81. The molecule has 1 unspecified atom stereocenters. The van der Waals surface area contributed by atoms with Crippen molar-refractivity contribution in [1.29, 1.82) is 10.5 Å². The maximum absolute atomic E-state index is 11.4. The topological polar surface area (TPSA) is 94.1 Å². The number of allylic oxidation sites excluding steroid dienone is 1. The van der Waals surface area contributed by atoms with E-state index in [2.05, 4.69) is 4.74 Å². The Hall–Kier alpha value is -2.79. The number of nitriles is 2. The third-order valence-electron chi connectivity index (χ3n) is 2.70. The number of carbonyl (C=O) groups is 1. The lowest BCUT2D eigenvalue weighted by atomic mass is 9.99. The third-order valence-corrected chi connectivity index (χ3v) is 2.70. The van der Waals surface area contributed by atoms with Crippen LogP contribution in [0.25, 0.3) is 5.76 Å². The van der Waals surface area contributed by atoms with Crippen molar-refractivity contribution in [1.82, 2.24) is 0 Å². The molecule has 0 radical (unpaired) electrons. The summed E-state index contributed by atoms with van der Waals surface area (Å²) in [5, 5.41) is 27.0. The quantitative estimate of drug-likeness (QED) is 0.508. The summed E-state index contributed by atoms with van der Waals surface area (Å²) in [7, 11) is 1.31. The fraction of sp³-hybridized carbons (Fsp3) is 0.214. The van der Waals surface area contributed by atoms with Crippen LogP contribution in [0.2, 0.25) is 0 Å². The molecule has 1 N–H and O–H groups in total. The number of nitrogens with zero attached hydrogens (tertiary/aromatic N) is 2. The van der Waals surface area contributed by atoms with Crippen molar-refractivity contribution < 1.29 is 14.6 Å². The molecule has 0 heterocycles. The lowest BCUT2D eigenvalue weighted by Crippen LogP contribution is -2.10. The molecule has 0 spiro atoms. The first kappa shape index (κ1) is 14.3. The molecule has 1 aromatic carbocycles. The molecule has 1 atom stereocenters. The normalized spacial score (nSPS) is 10.7. The molecule has 0 aliphatic carbocycles. The largest absolute Gasteiger partial charge is 0.505 e. The summed E-state index contributed by atoms with van der Waals surface area (Å²) in [4.78, 5) is 11.4. The van der Waals surface area contributed by atoms with Crippen LogP contribution in [0.3, 0.4) is 0 Å². The molecular formula is C14H12N2O3. The molecule has 5 heteroatoms. The Morgan fingerprint density at radius 1 is 1.26 bits per heavy atom. The summed E-state index contributed by atoms with van der Waals surface area (Å²) in [6.07, 6.45) is 0. The zero-order valence-corrected chi connectivity index (χ0v) is 10.5. The number of rotatable bonds is 3. The van der Waals surface area contributed by atoms with E-state index in [9.17, 15) is 9.90 Å². The van der Waals surface area contributed by atoms with E-state index >= 15 is 0 Å². The molecule has 0 saturated heterocycles. The number of aliphatic hydroxyl groups is 1. The van der Waals surface area contributed by atoms with Gasteiger partial charge < -0.3 is 9.84 Å². The van der Waals surface area contributed by atoms with Crippen molar-refractivity contribution in [3.05, 3.63) is 41.0 Å². The smallest absolute Gasteiger partial charge is 0.312 e. The van der Waals surface area contributed by atoms with Crippen LogP contribution in [0.1, 0.15) is 24.0 Å². The van der Waals surface area contributed by atoms with E-state index in [1.165, 1.54) is 7.11 Å². The number of ether oxygens (including phenoxy) is 1. The molecule has 1 aromatic rings. The van der Waals surface area contributed by atoms with Gasteiger partial charge in [0.2, 0.25) is 0 Å². The highest BCUT2D eigenvalue weighted by molar-refractivity contribution is 5.78. The molecule has 0 bridgehead atoms. The van der Waals surface area contributed by atoms with Gasteiger partial charge in [-0.05, 0) is 12.5 Å². The number of hydrogen-bond acceptors (Lipinski definition) is 5. The van der Waals surface area contributed by atoms with Gasteiger partial charge in [-0.1, -0.05) is 24.3 Å². The van der Waals surface area contributed by atoms with Crippen molar-refractivity contribution >= 4 is 11.7 Å². The predicted octanol–water partition coefficient (Wildman–Crippen LogP) is 2.28. The van der Waals surface area contributed by atoms with Crippen LogP contribution in [0.5, 0.6) is 0 Å². The summed E-state index contributed by atoms with van der Waals surface area (Å²) in [6.45, 7) is 1.70. The SMILES string of the molecule is COC(=O)C(C)c1ccc(C(O)=C(C#N)C#N)cc1.